The van der Waals surface area contributed by atoms with E-state index >= 15 is 0 Å². The molecule has 0 atom stereocenters. The van der Waals surface area contributed by atoms with E-state index in [2.05, 4.69) is 33.1 Å². The van der Waals surface area contributed by atoms with Crippen LogP contribution in [0.1, 0.15) is 15.9 Å². The van der Waals surface area contributed by atoms with Crippen molar-refractivity contribution in [3.8, 4) is 11.3 Å². The van der Waals surface area contributed by atoms with E-state index < -0.39 is 5.97 Å². The lowest BCUT2D eigenvalue weighted by atomic mass is 10.1. The van der Waals surface area contributed by atoms with E-state index in [9.17, 15) is 4.79 Å². The molecule has 0 spiro atoms. The van der Waals surface area contributed by atoms with Gasteiger partial charge in [-0.1, -0.05) is 57.6 Å². The second-order valence-corrected chi connectivity index (χ2v) is 6.68. The molecule has 0 aliphatic heterocycles. The summed E-state index contributed by atoms with van der Waals surface area (Å²) in [5.74, 6) is -0.224. The zero-order valence-electron chi connectivity index (χ0n) is 12.6. The van der Waals surface area contributed by atoms with Gasteiger partial charge in [0.05, 0.1) is 11.3 Å². The van der Waals surface area contributed by atoms with Crippen molar-refractivity contribution >= 4 is 38.9 Å². The molecule has 0 bridgehead atoms. The number of rotatable bonds is 5. The minimum absolute atomic E-state index is 0.204. The number of nitrogens with zero attached hydrogens (tertiary/aromatic N) is 1. The van der Waals surface area contributed by atoms with Gasteiger partial charge in [-0.15, -0.1) is 0 Å². The topological polar surface area (TPSA) is 62.8 Å². The maximum atomic E-state index is 11.0. The zero-order valence-corrected chi connectivity index (χ0v) is 15.0. The van der Waals surface area contributed by atoms with Crippen LogP contribution in [-0.2, 0) is 6.42 Å². The SMILES string of the molecule is O=C(O)c1cccc(N=c2oc(-c3ccc(CCBr)cc3)cs2)c1. The number of carboxylic acids is 1. The minimum atomic E-state index is -0.973. The van der Waals surface area contributed by atoms with Gasteiger partial charge >= 0.3 is 5.97 Å². The lowest BCUT2D eigenvalue weighted by molar-refractivity contribution is 0.0697. The third kappa shape index (κ3) is 4.01. The predicted molar refractivity (Wildman–Crippen MR) is 98.1 cm³/mol. The van der Waals surface area contributed by atoms with Gasteiger partial charge in [0, 0.05) is 16.3 Å². The van der Waals surface area contributed by atoms with Crippen molar-refractivity contribution in [3.05, 3.63) is 69.9 Å². The van der Waals surface area contributed by atoms with Crippen LogP contribution in [0.3, 0.4) is 0 Å². The molecule has 0 aliphatic rings. The average Bonchev–Trinajstić information content (AvgIpc) is 3.04. The van der Waals surface area contributed by atoms with Crippen molar-refractivity contribution < 1.29 is 14.3 Å². The Morgan fingerprint density at radius 2 is 2.00 bits per heavy atom. The highest BCUT2D eigenvalue weighted by atomic mass is 79.9. The molecule has 1 heterocycles. The number of aromatic carboxylic acids is 1. The fourth-order valence-electron chi connectivity index (χ4n) is 2.18. The van der Waals surface area contributed by atoms with Crippen LogP contribution in [0.15, 0.2) is 63.3 Å². The fourth-order valence-corrected chi connectivity index (χ4v) is 3.33. The molecule has 1 N–H and O–H groups in total. The van der Waals surface area contributed by atoms with E-state index in [0.29, 0.717) is 10.6 Å². The summed E-state index contributed by atoms with van der Waals surface area (Å²) in [6.45, 7) is 0. The highest BCUT2D eigenvalue weighted by Crippen LogP contribution is 2.21. The molecule has 0 radical (unpaired) electrons. The smallest absolute Gasteiger partial charge is 0.335 e. The third-order valence-corrected chi connectivity index (χ3v) is 4.50. The fraction of sp³-hybridized carbons (Fsp3) is 0.111. The summed E-state index contributed by atoms with van der Waals surface area (Å²) in [5, 5.41) is 11.9. The van der Waals surface area contributed by atoms with Gasteiger partial charge < -0.3 is 9.52 Å². The lowest BCUT2D eigenvalue weighted by Gasteiger charge is -1.99. The van der Waals surface area contributed by atoms with Crippen molar-refractivity contribution in [1.82, 2.24) is 0 Å². The maximum absolute atomic E-state index is 11.0. The number of carboxylic acid groups (broad SMARTS) is 1. The lowest BCUT2D eigenvalue weighted by Crippen LogP contribution is -1.95. The van der Waals surface area contributed by atoms with Crippen molar-refractivity contribution in [3.63, 3.8) is 0 Å². The monoisotopic (exact) mass is 403 g/mol. The maximum Gasteiger partial charge on any atom is 0.335 e. The molecule has 0 amide bonds. The molecule has 6 heteroatoms. The zero-order chi connectivity index (χ0) is 16.9. The van der Waals surface area contributed by atoms with Crippen LogP contribution in [0.5, 0.6) is 0 Å². The Morgan fingerprint density at radius 3 is 2.71 bits per heavy atom. The minimum Gasteiger partial charge on any atom is -0.478 e. The van der Waals surface area contributed by atoms with Gasteiger partial charge in [-0.3, -0.25) is 0 Å². The van der Waals surface area contributed by atoms with E-state index in [4.69, 9.17) is 9.52 Å². The van der Waals surface area contributed by atoms with Gasteiger partial charge in [-0.05, 0) is 30.2 Å². The quantitative estimate of drug-likeness (QED) is 0.617. The molecule has 3 aromatic rings. The molecule has 0 saturated heterocycles. The summed E-state index contributed by atoms with van der Waals surface area (Å²) in [5.41, 5.74) is 3.02. The number of aryl methyl sites for hydroxylation is 1. The van der Waals surface area contributed by atoms with Crippen LogP contribution in [0, 0.1) is 0 Å². The van der Waals surface area contributed by atoms with Crippen LogP contribution in [-0.4, -0.2) is 16.4 Å². The highest BCUT2D eigenvalue weighted by Gasteiger charge is 2.05. The van der Waals surface area contributed by atoms with Crippen molar-refractivity contribution in [2.75, 3.05) is 5.33 Å². The third-order valence-electron chi connectivity index (χ3n) is 3.40. The average molecular weight is 404 g/mol. The molecule has 0 saturated carbocycles. The largest absolute Gasteiger partial charge is 0.478 e. The van der Waals surface area contributed by atoms with Gasteiger partial charge in [0.1, 0.15) is 5.76 Å². The first-order valence-corrected chi connectivity index (χ1v) is 9.28. The van der Waals surface area contributed by atoms with Crippen LogP contribution in [0.25, 0.3) is 11.3 Å². The summed E-state index contributed by atoms with van der Waals surface area (Å²) >= 11 is 4.81. The second kappa shape index (κ2) is 7.59. The van der Waals surface area contributed by atoms with Crippen molar-refractivity contribution in [2.24, 2.45) is 4.99 Å². The Hall–Kier alpha value is -2.18. The number of halogens is 1. The van der Waals surface area contributed by atoms with E-state index in [0.717, 1.165) is 23.1 Å². The standard InChI is InChI=1S/C18H14BrNO3S/c19-9-8-12-4-6-13(7-5-12)16-11-24-18(23-16)20-15-3-1-2-14(10-15)17(21)22/h1-7,10-11H,8-9H2,(H,21,22). The predicted octanol–water partition coefficient (Wildman–Crippen LogP) is 4.88. The van der Waals surface area contributed by atoms with E-state index in [-0.39, 0.29) is 5.56 Å². The summed E-state index contributed by atoms with van der Waals surface area (Å²) in [7, 11) is 0. The number of alkyl halides is 1. The Morgan fingerprint density at radius 1 is 1.21 bits per heavy atom. The van der Waals surface area contributed by atoms with Gasteiger partial charge in [0.2, 0.25) is 0 Å². The van der Waals surface area contributed by atoms with Crippen LogP contribution in [0.2, 0.25) is 0 Å². The first-order chi connectivity index (χ1) is 11.7. The number of hydrogen-bond donors (Lipinski definition) is 1. The van der Waals surface area contributed by atoms with Gasteiger partial charge in [-0.25, -0.2) is 9.79 Å². The Bertz CT molecular complexity index is 912. The van der Waals surface area contributed by atoms with Gasteiger partial charge in [0.25, 0.3) is 4.87 Å². The summed E-state index contributed by atoms with van der Waals surface area (Å²) in [6.07, 6.45) is 0.988. The summed E-state index contributed by atoms with van der Waals surface area (Å²) in [4.78, 5) is 15.8. The van der Waals surface area contributed by atoms with Gasteiger partial charge in [-0.2, -0.15) is 0 Å². The molecule has 1 aromatic heterocycles. The Kier molecular flexibility index (Phi) is 5.27. The Labute approximate surface area is 151 Å². The summed E-state index contributed by atoms with van der Waals surface area (Å²) < 4.78 is 5.77. The summed E-state index contributed by atoms with van der Waals surface area (Å²) in [6, 6.07) is 14.7. The first-order valence-electron chi connectivity index (χ1n) is 7.28. The molecule has 122 valence electrons. The number of benzene rings is 2. The van der Waals surface area contributed by atoms with Crippen LogP contribution < -0.4 is 4.87 Å². The van der Waals surface area contributed by atoms with Crippen molar-refractivity contribution in [2.45, 2.75) is 6.42 Å². The molecule has 0 unspecified atom stereocenters. The molecule has 0 aliphatic carbocycles. The van der Waals surface area contributed by atoms with E-state index in [1.807, 2.05) is 17.5 Å². The molecule has 24 heavy (non-hydrogen) atoms. The van der Waals surface area contributed by atoms with Gasteiger partial charge in [0.15, 0.2) is 0 Å². The molecular formula is C18H14BrNO3S. The molecule has 2 aromatic carbocycles. The van der Waals surface area contributed by atoms with E-state index in [1.165, 1.54) is 29.0 Å². The Balaban J connectivity index is 1.87. The highest BCUT2D eigenvalue weighted by molar-refractivity contribution is 9.09. The number of hydrogen-bond acceptors (Lipinski definition) is 4. The molecule has 0 fully saturated rings. The van der Waals surface area contributed by atoms with E-state index in [1.54, 1.807) is 12.1 Å². The molecule has 3 rings (SSSR count). The molecule has 4 nitrogen and oxygen atoms in total. The second-order valence-electron chi connectivity index (χ2n) is 5.07. The first kappa shape index (κ1) is 16.7. The number of carbonyl (C=O) groups is 1. The molecular weight excluding hydrogens is 390 g/mol. The van der Waals surface area contributed by atoms with Crippen molar-refractivity contribution in [1.29, 1.82) is 0 Å². The normalized spacial score (nSPS) is 11.6. The van der Waals surface area contributed by atoms with Crippen LogP contribution in [0.4, 0.5) is 5.69 Å². The van der Waals surface area contributed by atoms with Crippen LogP contribution >= 0.6 is 27.3 Å².